The molecule has 128 valence electrons. The minimum Gasteiger partial charge on any atom is -0.396 e. The molecule has 0 aliphatic heterocycles. The van der Waals surface area contributed by atoms with Crippen LogP contribution in [0.5, 0.6) is 0 Å². The van der Waals surface area contributed by atoms with Gasteiger partial charge in [-0.1, -0.05) is 23.5 Å². The molecule has 0 aromatic carbocycles. The molecule has 0 saturated heterocycles. The summed E-state index contributed by atoms with van der Waals surface area (Å²) in [6.07, 6.45) is 4.04. The van der Waals surface area contributed by atoms with Crippen LogP contribution >= 0.6 is 23.5 Å². The fraction of sp³-hybridized carbons (Fsp3) is 0.312. The average molecular weight is 367 g/mol. The first kappa shape index (κ1) is 18.5. The van der Waals surface area contributed by atoms with E-state index in [0.717, 1.165) is 28.1 Å². The molecule has 0 unspecified atom stereocenters. The molecular weight excluding hydrogens is 348 g/mol. The van der Waals surface area contributed by atoms with Crippen LogP contribution in [0.3, 0.4) is 0 Å². The Kier molecular flexibility index (Phi) is 6.84. The molecule has 0 aliphatic rings. The van der Waals surface area contributed by atoms with Gasteiger partial charge in [-0.3, -0.25) is 4.79 Å². The lowest BCUT2D eigenvalue weighted by molar-refractivity contribution is -0.114. The molecule has 2 aromatic heterocycles. The van der Waals surface area contributed by atoms with Crippen LogP contribution in [0.4, 0.5) is 11.5 Å². The summed E-state index contributed by atoms with van der Waals surface area (Å²) in [5, 5.41) is 11.9. The molecule has 0 aliphatic carbocycles. The van der Waals surface area contributed by atoms with Crippen LogP contribution < -0.4 is 10.0 Å². The van der Waals surface area contributed by atoms with Gasteiger partial charge < -0.3 is 15.1 Å². The van der Waals surface area contributed by atoms with E-state index in [2.05, 4.69) is 20.0 Å². The number of rotatable bonds is 7. The largest absolute Gasteiger partial charge is 0.396 e. The number of carbonyl (C=O) groups excluding carboxylic acids is 1. The van der Waals surface area contributed by atoms with Crippen LogP contribution in [0.2, 0.25) is 5.15 Å². The molecular formula is C16H19ClN4O2S. The average Bonchev–Trinajstić information content (AvgIpc) is 2.53. The van der Waals surface area contributed by atoms with Crippen molar-refractivity contribution >= 4 is 41.0 Å². The molecule has 3 N–H and O–H groups in total. The number of amides is 1. The van der Waals surface area contributed by atoms with Gasteiger partial charge in [0.15, 0.2) is 5.15 Å². The Morgan fingerprint density at radius 1 is 1.42 bits per heavy atom. The van der Waals surface area contributed by atoms with E-state index in [-0.39, 0.29) is 12.5 Å². The van der Waals surface area contributed by atoms with Crippen molar-refractivity contribution < 1.29 is 9.90 Å². The molecule has 8 heteroatoms. The summed E-state index contributed by atoms with van der Waals surface area (Å²) in [5.74, 6) is 1.08. The van der Waals surface area contributed by atoms with E-state index in [9.17, 15) is 4.79 Å². The summed E-state index contributed by atoms with van der Waals surface area (Å²) < 4.78 is 3.20. The summed E-state index contributed by atoms with van der Waals surface area (Å²) in [5.41, 5.74) is 3.49. The highest BCUT2D eigenvalue weighted by Crippen LogP contribution is 2.34. The zero-order chi connectivity index (χ0) is 17.5. The van der Waals surface area contributed by atoms with E-state index >= 15 is 0 Å². The number of carbonyl (C=O) groups is 1. The summed E-state index contributed by atoms with van der Waals surface area (Å²) in [6.45, 7) is 3.55. The summed E-state index contributed by atoms with van der Waals surface area (Å²) in [7, 11) is 0. The lowest BCUT2D eigenvalue weighted by Crippen LogP contribution is -2.07. The molecule has 0 fully saturated rings. The van der Waals surface area contributed by atoms with Crippen LogP contribution in [-0.2, 0) is 4.79 Å². The van der Waals surface area contributed by atoms with Crippen LogP contribution in [0.25, 0.3) is 11.1 Å². The number of aliphatic hydroxyl groups is 1. The predicted octanol–water partition coefficient (Wildman–Crippen LogP) is 3.51. The first-order valence-corrected chi connectivity index (χ1v) is 8.77. The number of aromatic nitrogens is 2. The normalized spacial score (nSPS) is 10.5. The fourth-order valence-electron chi connectivity index (χ4n) is 2.09. The molecule has 6 nitrogen and oxygen atoms in total. The van der Waals surface area contributed by atoms with Crippen LogP contribution in [0.15, 0.2) is 24.5 Å². The SMILES string of the molecule is CC(=O)Nc1cc(-c2cnc(Cl)c(NSCCCO)c2C)ccn1. The molecule has 1 amide bonds. The molecule has 2 rings (SSSR count). The molecule has 24 heavy (non-hydrogen) atoms. The van der Waals surface area contributed by atoms with E-state index in [1.807, 2.05) is 13.0 Å². The lowest BCUT2D eigenvalue weighted by Gasteiger charge is -2.14. The Morgan fingerprint density at radius 3 is 2.92 bits per heavy atom. The van der Waals surface area contributed by atoms with Gasteiger partial charge in [-0.2, -0.15) is 0 Å². The monoisotopic (exact) mass is 366 g/mol. The standard InChI is InChI=1S/C16H19ClN4O2S/c1-10-13(12-4-5-18-14(8-12)20-11(2)23)9-19-16(17)15(10)21-24-7-3-6-22/h4-5,8-9,21-22H,3,6-7H2,1-2H3,(H,18,20,23). The van der Waals surface area contributed by atoms with E-state index in [1.165, 1.54) is 18.9 Å². The Morgan fingerprint density at radius 2 is 2.21 bits per heavy atom. The van der Waals surface area contributed by atoms with Crippen molar-refractivity contribution in [3.05, 3.63) is 35.2 Å². The van der Waals surface area contributed by atoms with Gasteiger partial charge in [-0.05, 0) is 36.6 Å². The zero-order valence-electron chi connectivity index (χ0n) is 13.5. The molecule has 0 spiro atoms. The number of hydrogen-bond donors (Lipinski definition) is 3. The Bertz CT molecular complexity index is 727. The van der Waals surface area contributed by atoms with Crippen molar-refractivity contribution in [1.29, 1.82) is 0 Å². The van der Waals surface area contributed by atoms with Gasteiger partial charge in [0.25, 0.3) is 0 Å². The number of nitrogens with one attached hydrogen (secondary N) is 2. The zero-order valence-corrected chi connectivity index (χ0v) is 15.0. The number of aliphatic hydroxyl groups excluding tert-OH is 1. The maximum atomic E-state index is 11.2. The maximum Gasteiger partial charge on any atom is 0.222 e. The highest BCUT2D eigenvalue weighted by atomic mass is 35.5. The number of nitrogens with zero attached hydrogens (tertiary/aromatic N) is 2. The van der Waals surface area contributed by atoms with E-state index in [1.54, 1.807) is 18.5 Å². The van der Waals surface area contributed by atoms with Gasteiger partial charge in [0.2, 0.25) is 5.91 Å². The molecule has 0 atom stereocenters. The third-order valence-corrected chi connectivity index (χ3v) is 4.37. The van der Waals surface area contributed by atoms with Crippen LogP contribution in [0.1, 0.15) is 18.9 Å². The van der Waals surface area contributed by atoms with Crippen molar-refractivity contribution in [3.63, 3.8) is 0 Å². The van der Waals surface area contributed by atoms with Crippen molar-refractivity contribution in [2.45, 2.75) is 20.3 Å². The highest BCUT2D eigenvalue weighted by molar-refractivity contribution is 8.00. The summed E-state index contributed by atoms with van der Waals surface area (Å²) >= 11 is 7.67. The minimum atomic E-state index is -0.173. The molecule has 2 heterocycles. The van der Waals surface area contributed by atoms with Gasteiger partial charge in [0.05, 0.1) is 5.69 Å². The second kappa shape index (κ2) is 8.86. The van der Waals surface area contributed by atoms with Crippen molar-refractivity contribution in [3.8, 4) is 11.1 Å². The van der Waals surface area contributed by atoms with Crippen molar-refractivity contribution in [2.75, 3.05) is 22.4 Å². The Hall–Kier alpha value is -1.83. The van der Waals surface area contributed by atoms with Crippen molar-refractivity contribution in [2.24, 2.45) is 0 Å². The van der Waals surface area contributed by atoms with E-state index in [4.69, 9.17) is 16.7 Å². The minimum absolute atomic E-state index is 0.155. The van der Waals surface area contributed by atoms with Crippen LogP contribution in [-0.4, -0.2) is 33.3 Å². The van der Waals surface area contributed by atoms with Gasteiger partial charge >= 0.3 is 0 Å². The fourth-order valence-corrected chi connectivity index (χ4v) is 3.15. The van der Waals surface area contributed by atoms with E-state index < -0.39 is 0 Å². The third-order valence-electron chi connectivity index (χ3n) is 3.25. The predicted molar refractivity (Wildman–Crippen MR) is 99.3 cm³/mol. The third kappa shape index (κ3) is 4.83. The smallest absolute Gasteiger partial charge is 0.222 e. The quantitative estimate of drug-likeness (QED) is 0.395. The Balaban J connectivity index is 2.29. The number of halogens is 1. The second-order valence-electron chi connectivity index (χ2n) is 5.10. The van der Waals surface area contributed by atoms with E-state index in [0.29, 0.717) is 17.4 Å². The molecule has 0 radical (unpaired) electrons. The second-order valence-corrected chi connectivity index (χ2v) is 6.36. The van der Waals surface area contributed by atoms with Gasteiger partial charge in [0.1, 0.15) is 5.82 Å². The highest BCUT2D eigenvalue weighted by Gasteiger charge is 2.12. The maximum absolute atomic E-state index is 11.2. The summed E-state index contributed by atoms with van der Waals surface area (Å²) in [4.78, 5) is 19.5. The van der Waals surface area contributed by atoms with Crippen molar-refractivity contribution in [1.82, 2.24) is 9.97 Å². The molecule has 0 saturated carbocycles. The first-order chi connectivity index (χ1) is 11.5. The van der Waals surface area contributed by atoms with Crippen LogP contribution in [0, 0.1) is 6.92 Å². The van der Waals surface area contributed by atoms with Gasteiger partial charge in [-0.15, -0.1) is 0 Å². The topological polar surface area (TPSA) is 87.1 Å². The first-order valence-electron chi connectivity index (χ1n) is 7.40. The number of hydrogen-bond acceptors (Lipinski definition) is 6. The van der Waals surface area contributed by atoms with Gasteiger partial charge in [0, 0.05) is 37.2 Å². The lowest BCUT2D eigenvalue weighted by atomic mass is 10.0. The Labute approximate surface area is 150 Å². The number of anilines is 2. The van der Waals surface area contributed by atoms with Gasteiger partial charge in [-0.25, -0.2) is 9.97 Å². The molecule has 0 bridgehead atoms. The number of pyridine rings is 2. The molecule has 2 aromatic rings. The summed E-state index contributed by atoms with van der Waals surface area (Å²) in [6, 6.07) is 3.65.